The van der Waals surface area contributed by atoms with Crippen LogP contribution in [0, 0.1) is 24.4 Å². The van der Waals surface area contributed by atoms with Crippen LogP contribution < -0.4 is 10.9 Å². The summed E-state index contributed by atoms with van der Waals surface area (Å²) in [7, 11) is 0. The Hall–Kier alpha value is -3.20. The Balaban J connectivity index is 1.90. The lowest BCUT2D eigenvalue weighted by Gasteiger charge is -2.18. The van der Waals surface area contributed by atoms with Gasteiger partial charge in [0.05, 0.1) is 12.1 Å². The molecule has 0 saturated carbocycles. The van der Waals surface area contributed by atoms with Gasteiger partial charge in [-0.25, -0.2) is 17.9 Å². The van der Waals surface area contributed by atoms with E-state index >= 15 is 0 Å². The van der Waals surface area contributed by atoms with Crippen LogP contribution in [0.1, 0.15) is 37.0 Å². The lowest BCUT2D eigenvalue weighted by atomic mass is 9.98. The van der Waals surface area contributed by atoms with Crippen LogP contribution in [0.25, 0.3) is 0 Å². The van der Waals surface area contributed by atoms with Crippen molar-refractivity contribution in [3.63, 3.8) is 0 Å². The van der Waals surface area contributed by atoms with Gasteiger partial charge in [0.2, 0.25) is 5.95 Å². The van der Waals surface area contributed by atoms with E-state index in [1.807, 2.05) is 25.1 Å². The first-order valence-corrected chi connectivity index (χ1v) is 9.68. The van der Waals surface area contributed by atoms with Gasteiger partial charge < -0.3 is 10.4 Å². The standard InChI is InChI=1S/C22H23F3N4O2/c1-13-4-5-14(6-7-22(2,3)31)10-18(13)27-21-28-19(30)11-26-29(21)12-15-8-16(23)20(25)17(24)9-15/h4-5,8-11,31H,6-7,12H2,1-3H3,(H,27,28,30). The normalized spacial score (nSPS) is 11.6. The SMILES string of the molecule is Cc1ccc(CCC(C)(C)O)cc1Nc1nc(=O)cnn1Cc1cc(F)c(F)c(F)c1. The molecule has 9 heteroatoms. The smallest absolute Gasteiger partial charge is 0.293 e. The third-order valence-electron chi connectivity index (χ3n) is 4.72. The van der Waals surface area contributed by atoms with Gasteiger partial charge in [0.15, 0.2) is 17.5 Å². The van der Waals surface area contributed by atoms with Crippen LogP contribution >= 0.6 is 0 Å². The van der Waals surface area contributed by atoms with Crippen molar-refractivity contribution in [3.05, 3.63) is 81.0 Å². The van der Waals surface area contributed by atoms with Crippen LogP contribution in [0.4, 0.5) is 24.8 Å². The van der Waals surface area contributed by atoms with E-state index in [0.717, 1.165) is 29.5 Å². The predicted octanol–water partition coefficient (Wildman–Crippen LogP) is 3.86. The van der Waals surface area contributed by atoms with Gasteiger partial charge in [-0.3, -0.25) is 4.79 Å². The zero-order valence-corrected chi connectivity index (χ0v) is 17.4. The molecule has 1 heterocycles. The molecule has 164 valence electrons. The summed E-state index contributed by atoms with van der Waals surface area (Å²) in [6.07, 6.45) is 2.18. The minimum absolute atomic E-state index is 0.0698. The van der Waals surface area contributed by atoms with E-state index in [4.69, 9.17) is 0 Å². The zero-order chi connectivity index (χ0) is 22.8. The van der Waals surface area contributed by atoms with Gasteiger partial charge in [-0.05, 0) is 68.5 Å². The van der Waals surface area contributed by atoms with Crippen LogP contribution in [0.2, 0.25) is 0 Å². The highest BCUT2D eigenvalue weighted by Gasteiger charge is 2.15. The molecule has 3 rings (SSSR count). The Morgan fingerprint density at radius 3 is 2.42 bits per heavy atom. The summed E-state index contributed by atoms with van der Waals surface area (Å²) in [5, 5.41) is 17.0. The van der Waals surface area contributed by atoms with Crippen molar-refractivity contribution in [1.82, 2.24) is 14.8 Å². The first-order chi connectivity index (χ1) is 14.5. The van der Waals surface area contributed by atoms with E-state index in [9.17, 15) is 23.1 Å². The molecule has 0 fully saturated rings. The number of rotatable bonds is 7. The van der Waals surface area contributed by atoms with Gasteiger partial charge in [-0.1, -0.05) is 12.1 Å². The number of aliphatic hydroxyl groups is 1. The number of benzene rings is 2. The molecule has 1 aromatic heterocycles. The van der Waals surface area contributed by atoms with Crippen LogP contribution in [-0.4, -0.2) is 25.5 Å². The van der Waals surface area contributed by atoms with Gasteiger partial charge in [0.1, 0.15) is 6.20 Å². The minimum atomic E-state index is -1.55. The van der Waals surface area contributed by atoms with Gasteiger partial charge in [-0.2, -0.15) is 10.1 Å². The molecule has 0 atom stereocenters. The fourth-order valence-corrected chi connectivity index (χ4v) is 2.98. The number of aryl methyl sites for hydroxylation is 2. The Morgan fingerprint density at radius 2 is 1.77 bits per heavy atom. The van der Waals surface area contributed by atoms with Crippen molar-refractivity contribution in [2.45, 2.75) is 45.8 Å². The molecule has 0 saturated heterocycles. The molecule has 0 radical (unpaired) electrons. The maximum atomic E-state index is 13.6. The number of hydrogen-bond donors (Lipinski definition) is 2. The van der Waals surface area contributed by atoms with Crippen LogP contribution in [0.15, 0.2) is 41.3 Å². The van der Waals surface area contributed by atoms with Crippen molar-refractivity contribution in [2.75, 3.05) is 5.32 Å². The Morgan fingerprint density at radius 1 is 1.10 bits per heavy atom. The average Bonchev–Trinajstić information content (AvgIpc) is 2.68. The predicted molar refractivity (Wildman–Crippen MR) is 111 cm³/mol. The molecular formula is C22H23F3N4O2. The average molecular weight is 432 g/mol. The molecule has 2 aromatic carbocycles. The number of nitrogens with one attached hydrogen (secondary N) is 1. The maximum Gasteiger partial charge on any atom is 0.293 e. The highest BCUT2D eigenvalue weighted by atomic mass is 19.2. The maximum absolute atomic E-state index is 13.6. The number of aromatic nitrogens is 3. The molecule has 31 heavy (non-hydrogen) atoms. The number of nitrogens with zero attached hydrogens (tertiary/aromatic N) is 3. The summed E-state index contributed by atoms with van der Waals surface area (Å²) in [6, 6.07) is 7.45. The Kier molecular flexibility index (Phi) is 6.45. The summed E-state index contributed by atoms with van der Waals surface area (Å²) in [5.74, 6) is -4.10. The quantitative estimate of drug-likeness (QED) is 0.555. The fourth-order valence-electron chi connectivity index (χ4n) is 2.98. The van der Waals surface area contributed by atoms with Crippen molar-refractivity contribution in [3.8, 4) is 0 Å². The molecule has 0 aliphatic rings. The molecule has 0 aliphatic carbocycles. The monoisotopic (exact) mass is 432 g/mol. The second-order valence-electron chi connectivity index (χ2n) is 8.04. The Bertz CT molecular complexity index is 1130. The second-order valence-corrected chi connectivity index (χ2v) is 8.04. The fraction of sp³-hybridized carbons (Fsp3) is 0.318. The van der Waals surface area contributed by atoms with Gasteiger partial charge in [0.25, 0.3) is 5.56 Å². The minimum Gasteiger partial charge on any atom is -0.390 e. The second kappa shape index (κ2) is 8.89. The van der Waals surface area contributed by atoms with Gasteiger partial charge in [-0.15, -0.1) is 0 Å². The summed E-state index contributed by atoms with van der Waals surface area (Å²) in [5.41, 5.74) is 1.23. The highest BCUT2D eigenvalue weighted by Crippen LogP contribution is 2.23. The molecule has 3 aromatic rings. The summed E-state index contributed by atoms with van der Waals surface area (Å²) in [6.45, 7) is 5.20. The topological polar surface area (TPSA) is 80.0 Å². The molecule has 0 bridgehead atoms. The molecule has 6 nitrogen and oxygen atoms in total. The highest BCUT2D eigenvalue weighted by molar-refractivity contribution is 5.59. The van der Waals surface area contributed by atoms with E-state index in [0.29, 0.717) is 18.5 Å². The van der Waals surface area contributed by atoms with Gasteiger partial charge in [0, 0.05) is 5.69 Å². The van der Waals surface area contributed by atoms with Crippen LogP contribution in [0.5, 0.6) is 0 Å². The lowest BCUT2D eigenvalue weighted by molar-refractivity contribution is 0.0714. The lowest BCUT2D eigenvalue weighted by Crippen LogP contribution is -2.20. The summed E-state index contributed by atoms with van der Waals surface area (Å²) < 4.78 is 41.6. The van der Waals surface area contributed by atoms with E-state index in [1.165, 1.54) is 4.68 Å². The Labute approximate surface area is 177 Å². The summed E-state index contributed by atoms with van der Waals surface area (Å²) >= 11 is 0. The number of halogens is 3. The number of hydrogen-bond acceptors (Lipinski definition) is 5. The third kappa shape index (κ3) is 5.91. The zero-order valence-electron chi connectivity index (χ0n) is 17.4. The van der Waals surface area contributed by atoms with Crippen LogP contribution in [-0.2, 0) is 13.0 Å². The first-order valence-electron chi connectivity index (χ1n) is 9.68. The largest absolute Gasteiger partial charge is 0.390 e. The van der Waals surface area contributed by atoms with Crippen molar-refractivity contribution < 1.29 is 18.3 Å². The molecule has 0 spiro atoms. The molecule has 2 N–H and O–H groups in total. The molecular weight excluding hydrogens is 409 g/mol. The molecule has 0 amide bonds. The van der Waals surface area contributed by atoms with Crippen LogP contribution in [0.3, 0.4) is 0 Å². The van der Waals surface area contributed by atoms with Gasteiger partial charge >= 0.3 is 0 Å². The number of anilines is 2. The first kappa shape index (κ1) is 22.5. The van der Waals surface area contributed by atoms with E-state index in [2.05, 4.69) is 15.4 Å². The third-order valence-corrected chi connectivity index (χ3v) is 4.72. The molecule has 0 unspecified atom stereocenters. The van der Waals surface area contributed by atoms with Crippen molar-refractivity contribution in [1.29, 1.82) is 0 Å². The van der Waals surface area contributed by atoms with E-state index in [-0.39, 0.29) is 18.1 Å². The van der Waals surface area contributed by atoms with Crippen molar-refractivity contribution in [2.24, 2.45) is 0 Å². The van der Waals surface area contributed by atoms with E-state index in [1.54, 1.807) is 13.8 Å². The van der Waals surface area contributed by atoms with E-state index < -0.39 is 28.6 Å². The summed E-state index contributed by atoms with van der Waals surface area (Å²) in [4.78, 5) is 15.7. The van der Waals surface area contributed by atoms with Crippen molar-refractivity contribution >= 4 is 11.6 Å². The molecule has 0 aliphatic heterocycles.